The van der Waals surface area contributed by atoms with Crippen LogP contribution < -0.4 is 0 Å². The fourth-order valence-electron chi connectivity index (χ4n) is 1.02. The van der Waals surface area contributed by atoms with Gasteiger partial charge in [-0.15, -0.1) is 0 Å². The third-order valence-electron chi connectivity index (χ3n) is 1.81. The van der Waals surface area contributed by atoms with Crippen LogP contribution in [-0.2, 0) is 0 Å². The number of pyridine rings is 1. The highest BCUT2D eigenvalue weighted by Gasteiger charge is 2.09. The molecule has 1 heterocycles. The largest absolute Gasteiger partial charge is 0.343 e. The van der Waals surface area contributed by atoms with Gasteiger partial charge in [-0.2, -0.15) is 0 Å². The zero-order valence-electron chi connectivity index (χ0n) is 8.74. The van der Waals surface area contributed by atoms with Crippen molar-refractivity contribution < 1.29 is 4.79 Å². The minimum atomic E-state index is -0.0897. The summed E-state index contributed by atoms with van der Waals surface area (Å²) in [6.45, 7) is 5.65. The van der Waals surface area contributed by atoms with Crippen LogP contribution in [0.1, 0.15) is 23.1 Å². The van der Waals surface area contributed by atoms with Gasteiger partial charge in [-0.25, -0.2) is 4.98 Å². The Morgan fingerprint density at radius 2 is 1.93 bits per heavy atom. The predicted octanol–water partition coefficient (Wildman–Crippen LogP) is 1.82. The van der Waals surface area contributed by atoms with E-state index in [1.165, 1.54) is 4.90 Å². The van der Waals surface area contributed by atoms with Crippen molar-refractivity contribution in [3.05, 3.63) is 36.2 Å². The van der Waals surface area contributed by atoms with E-state index in [-0.39, 0.29) is 5.91 Å². The Balaban J connectivity index is 3.06. The van der Waals surface area contributed by atoms with Crippen LogP contribution in [0.3, 0.4) is 0 Å². The molecule has 0 spiro atoms. The van der Waals surface area contributed by atoms with E-state index in [0.29, 0.717) is 5.69 Å². The van der Waals surface area contributed by atoms with E-state index in [1.54, 1.807) is 20.2 Å². The quantitative estimate of drug-likeness (QED) is 0.712. The molecular weight excluding hydrogens is 176 g/mol. The molecule has 74 valence electrons. The SMILES string of the molecule is C=C(C)c1cccc(C(=O)N(C)C)n1. The van der Waals surface area contributed by atoms with Crippen molar-refractivity contribution in [2.24, 2.45) is 0 Å². The van der Waals surface area contributed by atoms with Crippen LogP contribution in [0.25, 0.3) is 5.57 Å². The fourth-order valence-corrected chi connectivity index (χ4v) is 1.02. The summed E-state index contributed by atoms with van der Waals surface area (Å²) in [5, 5.41) is 0. The summed E-state index contributed by atoms with van der Waals surface area (Å²) in [6.07, 6.45) is 0. The van der Waals surface area contributed by atoms with Crippen molar-refractivity contribution in [3.63, 3.8) is 0 Å². The molecule has 0 fully saturated rings. The average molecular weight is 190 g/mol. The lowest BCUT2D eigenvalue weighted by Crippen LogP contribution is -2.22. The van der Waals surface area contributed by atoms with E-state index in [9.17, 15) is 4.79 Å². The minimum Gasteiger partial charge on any atom is -0.343 e. The van der Waals surface area contributed by atoms with Crippen molar-refractivity contribution in [3.8, 4) is 0 Å². The number of carbonyl (C=O) groups is 1. The summed E-state index contributed by atoms with van der Waals surface area (Å²) in [6, 6.07) is 5.36. The molecule has 0 bridgehead atoms. The standard InChI is InChI=1S/C11H14N2O/c1-8(2)9-6-5-7-10(12-9)11(14)13(3)4/h5-7H,1H2,2-4H3. The molecule has 0 aliphatic rings. The molecular formula is C11H14N2O. The lowest BCUT2D eigenvalue weighted by Gasteiger charge is -2.10. The van der Waals surface area contributed by atoms with Gasteiger partial charge in [0, 0.05) is 14.1 Å². The van der Waals surface area contributed by atoms with Gasteiger partial charge in [0.1, 0.15) is 5.69 Å². The van der Waals surface area contributed by atoms with Crippen LogP contribution in [0.4, 0.5) is 0 Å². The third kappa shape index (κ3) is 2.19. The van der Waals surface area contributed by atoms with Gasteiger partial charge in [0.15, 0.2) is 0 Å². The number of hydrogen-bond acceptors (Lipinski definition) is 2. The maximum absolute atomic E-state index is 11.6. The Labute approximate surface area is 84.1 Å². The molecule has 3 heteroatoms. The van der Waals surface area contributed by atoms with Crippen molar-refractivity contribution in [1.82, 2.24) is 9.88 Å². The molecule has 14 heavy (non-hydrogen) atoms. The minimum absolute atomic E-state index is 0.0897. The Morgan fingerprint density at radius 3 is 2.43 bits per heavy atom. The van der Waals surface area contributed by atoms with Crippen molar-refractivity contribution in [2.45, 2.75) is 6.92 Å². The molecule has 0 unspecified atom stereocenters. The maximum Gasteiger partial charge on any atom is 0.271 e. The lowest BCUT2D eigenvalue weighted by molar-refractivity contribution is 0.0822. The molecule has 3 nitrogen and oxygen atoms in total. The van der Waals surface area contributed by atoms with Crippen LogP contribution in [-0.4, -0.2) is 29.9 Å². The highest BCUT2D eigenvalue weighted by atomic mass is 16.2. The molecule has 0 aliphatic heterocycles. The number of aromatic nitrogens is 1. The summed E-state index contributed by atoms with van der Waals surface area (Å²) in [7, 11) is 3.41. The number of hydrogen-bond donors (Lipinski definition) is 0. The average Bonchev–Trinajstić information content (AvgIpc) is 2.16. The molecule has 0 atom stereocenters. The number of nitrogens with zero attached hydrogens (tertiary/aromatic N) is 2. The second-order valence-electron chi connectivity index (χ2n) is 3.39. The van der Waals surface area contributed by atoms with Gasteiger partial charge < -0.3 is 4.90 Å². The van der Waals surface area contributed by atoms with Gasteiger partial charge in [-0.05, 0) is 24.6 Å². The number of rotatable bonds is 2. The summed E-state index contributed by atoms with van der Waals surface area (Å²) < 4.78 is 0. The predicted molar refractivity (Wildman–Crippen MR) is 57.0 cm³/mol. The highest BCUT2D eigenvalue weighted by molar-refractivity contribution is 5.92. The van der Waals surface area contributed by atoms with Crippen molar-refractivity contribution >= 4 is 11.5 Å². The summed E-state index contributed by atoms with van der Waals surface area (Å²) in [5.41, 5.74) is 2.08. The van der Waals surface area contributed by atoms with Crippen molar-refractivity contribution in [1.29, 1.82) is 0 Å². The maximum atomic E-state index is 11.6. The molecule has 0 radical (unpaired) electrons. The van der Waals surface area contributed by atoms with Crippen molar-refractivity contribution in [2.75, 3.05) is 14.1 Å². The van der Waals surface area contributed by atoms with E-state index in [4.69, 9.17) is 0 Å². The van der Waals surface area contributed by atoms with Gasteiger partial charge in [0.05, 0.1) is 5.69 Å². The molecule has 0 saturated carbocycles. The zero-order chi connectivity index (χ0) is 10.7. The smallest absolute Gasteiger partial charge is 0.271 e. The number of carbonyl (C=O) groups excluding carboxylic acids is 1. The summed E-state index contributed by atoms with van der Waals surface area (Å²) in [5.74, 6) is -0.0897. The molecule has 0 aliphatic carbocycles. The van der Waals surface area contributed by atoms with Crippen LogP contribution in [0.15, 0.2) is 24.8 Å². The first-order valence-corrected chi connectivity index (χ1v) is 4.37. The first-order valence-electron chi connectivity index (χ1n) is 4.37. The van der Waals surface area contributed by atoms with Crippen LogP contribution in [0, 0.1) is 0 Å². The third-order valence-corrected chi connectivity index (χ3v) is 1.81. The first-order chi connectivity index (χ1) is 6.52. The number of allylic oxidation sites excluding steroid dienone is 1. The van der Waals surface area contributed by atoms with Gasteiger partial charge in [0.2, 0.25) is 0 Å². The van der Waals surface area contributed by atoms with Crippen LogP contribution in [0.2, 0.25) is 0 Å². The zero-order valence-corrected chi connectivity index (χ0v) is 8.74. The molecule has 1 amide bonds. The molecule has 1 rings (SSSR count). The monoisotopic (exact) mass is 190 g/mol. The fraction of sp³-hybridized carbons (Fsp3) is 0.273. The van der Waals surface area contributed by atoms with Gasteiger partial charge in [-0.1, -0.05) is 12.6 Å². The second-order valence-corrected chi connectivity index (χ2v) is 3.39. The van der Waals surface area contributed by atoms with E-state index in [0.717, 1.165) is 11.3 Å². The van der Waals surface area contributed by atoms with Gasteiger partial charge in [0.25, 0.3) is 5.91 Å². The second kappa shape index (κ2) is 4.05. The van der Waals surface area contributed by atoms with Crippen LogP contribution >= 0.6 is 0 Å². The normalized spacial score (nSPS) is 9.64. The van der Waals surface area contributed by atoms with E-state index in [2.05, 4.69) is 11.6 Å². The summed E-state index contributed by atoms with van der Waals surface area (Å²) in [4.78, 5) is 17.3. The van der Waals surface area contributed by atoms with E-state index < -0.39 is 0 Å². The molecule has 1 aromatic rings. The molecule has 0 saturated heterocycles. The Hall–Kier alpha value is -1.64. The Kier molecular flexibility index (Phi) is 3.02. The van der Waals surface area contributed by atoms with E-state index >= 15 is 0 Å². The Morgan fingerprint density at radius 1 is 1.36 bits per heavy atom. The molecule has 1 aromatic heterocycles. The lowest BCUT2D eigenvalue weighted by atomic mass is 10.2. The number of amides is 1. The topological polar surface area (TPSA) is 33.2 Å². The van der Waals surface area contributed by atoms with Crippen LogP contribution in [0.5, 0.6) is 0 Å². The molecule has 0 aromatic carbocycles. The van der Waals surface area contributed by atoms with Gasteiger partial charge >= 0.3 is 0 Å². The molecule has 0 N–H and O–H groups in total. The first kappa shape index (κ1) is 10.4. The van der Waals surface area contributed by atoms with Gasteiger partial charge in [-0.3, -0.25) is 4.79 Å². The summed E-state index contributed by atoms with van der Waals surface area (Å²) >= 11 is 0. The highest BCUT2D eigenvalue weighted by Crippen LogP contribution is 2.09. The van der Waals surface area contributed by atoms with E-state index in [1.807, 2.05) is 19.1 Å². The Bertz CT molecular complexity index is 369.